The van der Waals surface area contributed by atoms with Gasteiger partial charge in [-0.25, -0.2) is 0 Å². The van der Waals surface area contributed by atoms with Crippen LogP contribution in [0.4, 0.5) is 0 Å². The Labute approximate surface area is 111 Å². The molecule has 1 fully saturated rings. The van der Waals surface area contributed by atoms with E-state index in [0.29, 0.717) is 5.75 Å². The first-order chi connectivity index (χ1) is 8.65. The molecule has 0 atom stereocenters. The van der Waals surface area contributed by atoms with Crippen molar-refractivity contribution in [1.29, 1.82) is 0 Å². The van der Waals surface area contributed by atoms with E-state index < -0.39 is 0 Å². The molecule has 0 spiro atoms. The summed E-state index contributed by atoms with van der Waals surface area (Å²) in [6.45, 7) is 4.33. The molecule has 0 amide bonds. The predicted octanol–water partition coefficient (Wildman–Crippen LogP) is 3.90. The van der Waals surface area contributed by atoms with Crippen LogP contribution in [0.25, 0.3) is 0 Å². The molecule has 0 aromatic heterocycles. The van der Waals surface area contributed by atoms with Gasteiger partial charge in [0.1, 0.15) is 5.75 Å². The highest BCUT2D eigenvalue weighted by Crippen LogP contribution is 2.25. The first-order valence-corrected chi connectivity index (χ1v) is 7.11. The third-order valence-corrected chi connectivity index (χ3v) is 3.74. The molecule has 1 saturated carbocycles. The zero-order valence-corrected chi connectivity index (χ0v) is 11.6. The second-order valence-electron chi connectivity index (χ2n) is 5.10. The van der Waals surface area contributed by atoms with Crippen molar-refractivity contribution in [2.75, 3.05) is 0 Å². The number of phenols is 1. The van der Waals surface area contributed by atoms with E-state index in [1.807, 2.05) is 12.1 Å². The Morgan fingerprint density at radius 1 is 1.00 bits per heavy atom. The molecule has 1 aliphatic rings. The molecule has 1 aromatic rings. The number of hydrogen-bond donors (Lipinski definition) is 2. The van der Waals surface area contributed by atoms with Crippen LogP contribution in [0.15, 0.2) is 24.3 Å². The largest absolute Gasteiger partial charge is 0.508 e. The maximum atomic E-state index is 9.12. The molecule has 102 valence electrons. The lowest BCUT2D eigenvalue weighted by Crippen LogP contribution is -2.17. The molecular weight excluding hydrogens is 224 g/mol. The van der Waals surface area contributed by atoms with Crippen molar-refractivity contribution in [3.05, 3.63) is 29.8 Å². The standard InChI is InChI=1S/C8H16O.C8H10O/c2*1-2-7-3-5-8(9)6-4-7/h7-9H,2-6H2,1H3;3-6,9H,2H2,1H3. The summed E-state index contributed by atoms with van der Waals surface area (Å²) >= 11 is 0. The van der Waals surface area contributed by atoms with Crippen molar-refractivity contribution in [3.63, 3.8) is 0 Å². The summed E-state index contributed by atoms with van der Waals surface area (Å²) in [5.41, 5.74) is 1.26. The molecule has 1 aliphatic carbocycles. The Kier molecular flexibility index (Phi) is 6.81. The Balaban J connectivity index is 0.000000180. The zero-order chi connectivity index (χ0) is 13.4. The van der Waals surface area contributed by atoms with E-state index in [9.17, 15) is 0 Å². The fourth-order valence-corrected chi connectivity index (χ4v) is 2.28. The molecule has 18 heavy (non-hydrogen) atoms. The van der Waals surface area contributed by atoms with Crippen molar-refractivity contribution >= 4 is 0 Å². The number of aliphatic hydroxyl groups excluding tert-OH is 1. The summed E-state index contributed by atoms with van der Waals surface area (Å²) in [5.74, 6) is 1.25. The van der Waals surface area contributed by atoms with Gasteiger partial charge in [-0.3, -0.25) is 0 Å². The van der Waals surface area contributed by atoms with Crippen molar-refractivity contribution in [1.82, 2.24) is 0 Å². The highest BCUT2D eigenvalue weighted by molar-refractivity contribution is 5.25. The van der Waals surface area contributed by atoms with E-state index in [0.717, 1.165) is 25.2 Å². The highest BCUT2D eigenvalue weighted by atomic mass is 16.3. The Hall–Kier alpha value is -1.02. The number of benzene rings is 1. The van der Waals surface area contributed by atoms with Gasteiger partial charge in [0.2, 0.25) is 0 Å². The van der Waals surface area contributed by atoms with E-state index in [2.05, 4.69) is 13.8 Å². The summed E-state index contributed by atoms with van der Waals surface area (Å²) in [4.78, 5) is 0. The van der Waals surface area contributed by atoms with Crippen molar-refractivity contribution in [2.45, 2.75) is 58.5 Å². The first-order valence-electron chi connectivity index (χ1n) is 7.11. The van der Waals surface area contributed by atoms with Crippen LogP contribution >= 0.6 is 0 Å². The molecule has 2 nitrogen and oxygen atoms in total. The van der Waals surface area contributed by atoms with Crippen LogP contribution in [0.3, 0.4) is 0 Å². The summed E-state index contributed by atoms with van der Waals surface area (Å²) in [6, 6.07) is 7.27. The average molecular weight is 250 g/mol. The lowest BCUT2D eigenvalue weighted by molar-refractivity contribution is 0.108. The highest BCUT2D eigenvalue weighted by Gasteiger charge is 2.16. The molecule has 0 saturated heterocycles. The number of hydrogen-bond acceptors (Lipinski definition) is 2. The van der Waals surface area contributed by atoms with Crippen LogP contribution < -0.4 is 0 Å². The Morgan fingerprint density at radius 2 is 1.56 bits per heavy atom. The van der Waals surface area contributed by atoms with Crippen LogP contribution in [-0.4, -0.2) is 16.3 Å². The molecule has 0 unspecified atom stereocenters. The molecule has 1 aromatic carbocycles. The van der Waals surface area contributed by atoms with E-state index in [-0.39, 0.29) is 6.10 Å². The molecule has 2 N–H and O–H groups in total. The second kappa shape index (κ2) is 8.15. The third kappa shape index (κ3) is 5.54. The Bertz CT molecular complexity index is 310. The van der Waals surface area contributed by atoms with Crippen LogP contribution in [0, 0.1) is 5.92 Å². The average Bonchev–Trinajstić information content (AvgIpc) is 2.41. The topological polar surface area (TPSA) is 40.5 Å². The summed E-state index contributed by atoms with van der Waals surface area (Å²) < 4.78 is 0. The van der Waals surface area contributed by atoms with Gasteiger partial charge in [0, 0.05) is 0 Å². The molecule has 2 rings (SSSR count). The lowest BCUT2D eigenvalue weighted by Gasteiger charge is -2.23. The smallest absolute Gasteiger partial charge is 0.115 e. The molecule has 0 heterocycles. The quantitative estimate of drug-likeness (QED) is 0.835. The lowest BCUT2D eigenvalue weighted by atomic mass is 9.86. The van der Waals surface area contributed by atoms with Gasteiger partial charge in [-0.05, 0) is 55.7 Å². The van der Waals surface area contributed by atoms with Crippen LogP contribution in [-0.2, 0) is 6.42 Å². The molecule has 0 aliphatic heterocycles. The van der Waals surface area contributed by atoms with Gasteiger partial charge >= 0.3 is 0 Å². The number of rotatable bonds is 2. The molecule has 0 bridgehead atoms. The molecule has 2 heteroatoms. The van der Waals surface area contributed by atoms with Crippen LogP contribution in [0.2, 0.25) is 0 Å². The van der Waals surface area contributed by atoms with E-state index in [4.69, 9.17) is 10.2 Å². The first kappa shape index (κ1) is 15.0. The third-order valence-electron chi connectivity index (χ3n) is 3.74. The van der Waals surface area contributed by atoms with Crippen molar-refractivity contribution in [2.24, 2.45) is 5.92 Å². The number of aryl methyl sites for hydroxylation is 1. The maximum absolute atomic E-state index is 9.12. The van der Waals surface area contributed by atoms with Crippen LogP contribution in [0.5, 0.6) is 5.75 Å². The zero-order valence-electron chi connectivity index (χ0n) is 11.6. The minimum atomic E-state index is 0.0211. The Morgan fingerprint density at radius 3 is 2.00 bits per heavy atom. The van der Waals surface area contributed by atoms with Gasteiger partial charge in [-0.15, -0.1) is 0 Å². The minimum absolute atomic E-state index is 0.0211. The fraction of sp³-hybridized carbons (Fsp3) is 0.625. The summed E-state index contributed by atoms with van der Waals surface area (Å²) in [5, 5.41) is 18.0. The maximum Gasteiger partial charge on any atom is 0.115 e. The second-order valence-corrected chi connectivity index (χ2v) is 5.10. The SMILES string of the molecule is CCC1CCC(O)CC1.CCc1ccc(O)cc1. The molecular formula is C16H26O2. The number of aliphatic hydroxyl groups is 1. The normalized spacial score (nSPS) is 23.1. The monoisotopic (exact) mass is 250 g/mol. The van der Waals surface area contributed by atoms with E-state index in [1.165, 1.54) is 24.8 Å². The number of aromatic hydroxyl groups is 1. The van der Waals surface area contributed by atoms with Gasteiger partial charge < -0.3 is 10.2 Å². The van der Waals surface area contributed by atoms with Crippen LogP contribution in [0.1, 0.15) is 51.5 Å². The minimum Gasteiger partial charge on any atom is -0.508 e. The van der Waals surface area contributed by atoms with E-state index >= 15 is 0 Å². The van der Waals surface area contributed by atoms with Gasteiger partial charge in [-0.2, -0.15) is 0 Å². The predicted molar refractivity (Wildman–Crippen MR) is 75.7 cm³/mol. The summed E-state index contributed by atoms with van der Waals surface area (Å²) in [6.07, 6.45) is 6.92. The van der Waals surface area contributed by atoms with Crippen molar-refractivity contribution in [3.8, 4) is 5.75 Å². The van der Waals surface area contributed by atoms with Gasteiger partial charge in [0.15, 0.2) is 0 Å². The van der Waals surface area contributed by atoms with Crippen molar-refractivity contribution < 1.29 is 10.2 Å². The van der Waals surface area contributed by atoms with E-state index in [1.54, 1.807) is 12.1 Å². The molecule has 0 radical (unpaired) electrons. The summed E-state index contributed by atoms with van der Waals surface area (Å²) in [7, 11) is 0. The fourth-order valence-electron chi connectivity index (χ4n) is 2.28. The van der Waals surface area contributed by atoms with Gasteiger partial charge in [0.25, 0.3) is 0 Å². The van der Waals surface area contributed by atoms with Gasteiger partial charge in [-0.1, -0.05) is 32.4 Å². The van der Waals surface area contributed by atoms with Gasteiger partial charge in [0.05, 0.1) is 6.10 Å². The number of phenolic OH excluding ortho intramolecular Hbond substituents is 1.